The highest BCUT2D eigenvalue weighted by atomic mass is 16.7. The van der Waals surface area contributed by atoms with Crippen LogP contribution in [0.2, 0.25) is 0 Å². The van der Waals surface area contributed by atoms with Gasteiger partial charge in [-0.2, -0.15) is 0 Å². The van der Waals surface area contributed by atoms with Gasteiger partial charge in [-0.15, -0.1) is 0 Å². The third kappa shape index (κ3) is 7.32. The molecule has 262 valence electrons. The van der Waals surface area contributed by atoms with Gasteiger partial charge >= 0.3 is 12.1 Å². The predicted molar refractivity (Wildman–Crippen MR) is 172 cm³/mol. The zero-order chi connectivity index (χ0) is 34.3. The standard InChI is InChI=1S/C34H57N3O9/c1-18-14-19(2)30(40)44-24(7)34(9)28-23(6)26(35-12-13-37(28)32(41)46-34)20(3)16-33(8,42-17-21(4)38)29(18)45-31-27(39)25(36(10)11)15-22(5)43-31/h14,18,20-25,27-29,31,38-39H,12-13,15-17H2,1-11H3/b19-14+/t18-,20+,21?,22-,23-,24+,25+,27?,28+,29+,31+,33-,34+/m0/s1. The molecule has 1 amide bonds. The number of hydrogen-bond acceptors (Lipinski definition) is 11. The summed E-state index contributed by atoms with van der Waals surface area (Å²) in [6, 6.07) is -0.598. The number of ether oxygens (including phenoxy) is 5. The smallest absolute Gasteiger partial charge is 0.410 e. The molecule has 0 aromatic carbocycles. The number of aliphatic hydroxyl groups is 2. The largest absolute Gasteiger partial charge is 0.455 e. The van der Waals surface area contributed by atoms with Gasteiger partial charge in [0.25, 0.3) is 0 Å². The van der Waals surface area contributed by atoms with Gasteiger partial charge in [-0.25, -0.2) is 9.59 Å². The number of hydrogen-bond donors (Lipinski definition) is 2. The third-order valence-corrected chi connectivity index (χ3v) is 10.5. The van der Waals surface area contributed by atoms with Crippen LogP contribution in [0.4, 0.5) is 4.79 Å². The second kappa shape index (κ2) is 14.2. The van der Waals surface area contributed by atoms with Crippen LogP contribution in [0.5, 0.6) is 0 Å². The molecule has 4 heterocycles. The molecule has 0 aromatic rings. The van der Waals surface area contributed by atoms with Crippen molar-refractivity contribution in [3.05, 3.63) is 11.6 Å². The lowest BCUT2D eigenvalue weighted by molar-refractivity contribution is -0.297. The summed E-state index contributed by atoms with van der Waals surface area (Å²) in [4.78, 5) is 35.4. The first-order chi connectivity index (χ1) is 21.4. The molecule has 2 N–H and O–H groups in total. The molecule has 4 aliphatic heterocycles. The molecule has 0 radical (unpaired) electrons. The Balaban J connectivity index is 1.83. The van der Waals surface area contributed by atoms with Gasteiger partial charge < -0.3 is 38.8 Å². The van der Waals surface area contributed by atoms with Crippen molar-refractivity contribution in [1.82, 2.24) is 9.80 Å². The highest BCUT2D eigenvalue weighted by molar-refractivity contribution is 5.91. The number of esters is 1. The first-order valence-electron chi connectivity index (χ1n) is 16.8. The Morgan fingerprint density at radius 3 is 2.48 bits per heavy atom. The maximum atomic E-state index is 13.6. The van der Waals surface area contributed by atoms with Crippen molar-refractivity contribution in [3.63, 3.8) is 0 Å². The molecule has 0 aliphatic carbocycles. The van der Waals surface area contributed by atoms with Crippen LogP contribution in [0.15, 0.2) is 16.6 Å². The molecule has 12 heteroatoms. The summed E-state index contributed by atoms with van der Waals surface area (Å²) in [5.74, 6) is -1.31. The quantitative estimate of drug-likeness (QED) is 0.412. The average molecular weight is 652 g/mol. The SMILES string of the molecule is C/C1=C\[C@H](C)[C@@H](O[C@H]2O[C@@H](C)C[C@@H](N(C)C)C2O)[C@@](C)(OCC(C)O)C[C@@H](C)C2=NCCN3C(=O)O[C@](C)([C@@H](C)OC1=O)[C@H]3[C@H]2C. The maximum Gasteiger partial charge on any atom is 0.410 e. The van der Waals surface area contributed by atoms with Crippen LogP contribution in [0.3, 0.4) is 0 Å². The number of carbonyl (C=O) groups is 2. The summed E-state index contributed by atoms with van der Waals surface area (Å²) in [5, 5.41) is 21.8. The van der Waals surface area contributed by atoms with E-state index in [1.807, 2.05) is 53.6 Å². The predicted octanol–water partition coefficient (Wildman–Crippen LogP) is 3.18. The fraction of sp³-hybridized carbons (Fsp3) is 0.853. The highest BCUT2D eigenvalue weighted by Crippen LogP contribution is 2.43. The number of rotatable bonds is 6. The van der Waals surface area contributed by atoms with Crippen molar-refractivity contribution in [1.29, 1.82) is 0 Å². The molecule has 4 rings (SSSR count). The van der Waals surface area contributed by atoms with Crippen LogP contribution in [0, 0.1) is 17.8 Å². The van der Waals surface area contributed by atoms with Crippen molar-refractivity contribution in [2.24, 2.45) is 22.7 Å². The van der Waals surface area contributed by atoms with E-state index < -0.39 is 65.9 Å². The molecular weight excluding hydrogens is 594 g/mol. The second-order valence-electron chi connectivity index (χ2n) is 14.7. The lowest BCUT2D eigenvalue weighted by atomic mass is 9.74. The van der Waals surface area contributed by atoms with Gasteiger partial charge in [-0.1, -0.05) is 26.8 Å². The summed E-state index contributed by atoms with van der Waals surface area (Å²) >= 11 is 0. The number of aliphatic imine (C=N–C) groups is 1. The molecule has 2 bridgehead atoms. The minimum atomic E-state index is -1.10. The molecule has 2 fully saturated rings. The van der Waals surface area contributed by atoms with E-state index in [-0.39, 0.29) is 30.6 Å². The number of aliphatic hydroxyl groups excluding tert-OH is 2. The van der Waals surface area contributed by atoms with E-state index in [2.05, 4.69) is 6.92 Å². The number of amides is 1. The molecule has 2 unspecified atom stereocenters. The molecule has 2 saturated heterocycles. The van der Waals surface area contributed by atoms with E-state index in [0.29, 0.717) is 31.5 Å². The number of fused-ring (bicyclic) bond motifs is 1. The van der Waals surface area contributed by atoms with Crippen LogP contribution in [-0.4, -0.2) is 132 Å². The zero-order valence-electron chi connectivity index (χ0n) is 29.6. The Bertz CT molecular complexity index is 1180. The van der Waals surface area contributed by atoms with Crippen LogP contribution >= 0.6 is 0 Å². The maximum absolute atomic E-state index is 13.6. The highest BCUT2D eigenvalue weighted by Gasteiger charge is 2.59. The second-order valence-corrected chi connectivity index (χ2v) is 14.7. The minimum absolute atomic E-state index is 0.0434. The average Bonchev–Trinajstić information content (AvgIpc) is 3.09. The molecular formula is C34H57N3O9. The number of nitrogens with zero attached hydrogens (tertiary/aromatic N) is 3. The van der Waals surface area contributed by atoms with E-state index in [9.17, 15) is 19.8 Å². The van der Waals surface area contributed by atoms with Crippen molar-refractivity contribution < 1.29 is 43.5 Å². The van der Waals surface area contributed by atoms with Crippen LogP contribution in [0.1, 0.15) is 75.2 Å². The van der Waals surface area contributed by atoms with Crippen LogP contribution in [-0.2, 0) is 28.5 Å². The number of likely N-dealkylation sites (N-methyl/N-ethyl adjacent to an activating group) is 1. The Morgan fingerprint density at radius 1 is 1.17 bits per heavy atom. The topological polar surface area (TPSA) is 140 Å². The summed E-state index contributed by atoms with van der Waals surface area (Å²) in [5.41, 5.74) is -0.863. The monoisotopic (exact) mass is 651 g/mol. The molecule has 0 spiro atoms. The molecule has 4 aliphatic rings. The molecule has 0 saturated carbocycles. The molecule has 46 heavy (non-hydrogen) atoms. The van der Waals surface area contributed by atoms with E-state index in [1.165, 1.54) is 0 Å². The van der Waals surface area contributed by atoms with E-state index >= 15 is 0 Å². The van der Waals surface area contributed by atoms with Gasteiger partial charge in [0, 0.05) is 35.7 Å². The number of carbonyl (C=O) groups excluding carboxylic acids is 2. The Kier molecular flexibility index (Phi) is 11.3. The van der Waals surface area contributed by atoms with Crippen LogP contribution in [0.25, 0.3) is 0 Å². The van der Waals surface area contributed by atoms with Gasteiger partial charge in [0.2, 0.25) is 0 Å². The summed E-state index contributed by atoms with van der Waals surface area (Å²) in [7, 11) is 3.85. The van der Waals surface area contributed by atoms with Gasteiger partial charge in [-0.3, -0.25) is 9.89 Å². The normalized spacial score (nSPS) is 44.3. The van der Waals surface area contributed by atoms with E-state index in [1.54, 1.807) is 31.7 Å². The van der Waals surface area contributed by atoms with Crippen LogP contribution < -0.4 is 0 Å². The van der Waals surface area contributed by atoms with Gasteiger partial charge in [0.1, 0.15) is 12.2 Å². The van der Waals surface area contributed by atoms with Gasteiger partial charge in [0.05, 0.1) is 43.1 Å². The number of cyclic esters (lactones) is 1. The Hall–Kier alpha value is -2.09. The summed E-state index contributed by atoms with van der Waals surface area (Å²) < 4.78 is 31.6. The minimum Gasteiger partial charge on any atom is -0.455 e. The van der Waals surface area contributed by atoms with Crippen molar-refractivity contribution in [2.45, 2.75) is 135 Å². The molecule has 12 nitrogen and oxygen atoms in total. The van der Waals surface area contributed by atoms with Gasteiger partial charge in [-0.05, 0) is 74.4 Å². The Labute approximate surface area is 274 Å². The van der Waals surface area contributed by atoms with E-state index in [0.717, 1.165) is 5.71 Å². The van der Waals surface area contributed by atoms with Crippen molar-refractivity contribution in [3.8, 4) is 0 Å². The molecule has 0 aromatic heterocycles. The van der Waals surface area contributed by atoms with Crippen molar-refractivity contribution in [2.75, 3.05) is 33.8 Å². The lowest BCUT2D eigenvalue weighted by Gasteiger charge is -2.47. The summed E-state index contributed by atoms with van der Waals surface area (Å²) in [6.45, 7) is 17.8. The van der Waals surface area contributed by atoms with E-state index in [4.69, 9.17) is 28.7 Å². The first-order valence-corrected chi connectivity index (χ1v) is 16.8. The fourth-order valence-electron chi connectivity index (χ4n) is 8.07. The molecule has 13 atom stereocenters. The third-order valence-electron chi connectivity index (χ3n) is 10.5. The van der Waals surface area contributed by atoms with Gasteiger partial charge in [0.15, 0.2) is 11.9 Å². The summed E-state index contributed by atoms with van der Waals surface area (Å²) in [6.07, 6.45) is -1.82. The Morgan fingerprint density at radius 2 is 1.85 bits per heavy atom. The zero-order valence-corrected chi connectivity index (χ0v) is 29.6. The van der Waals surface area contributed by atoms with Crippen molar-refractivity contribution >= 4 is 17.8 Å². The lowest BCUT2D eigenvalue weighted by Crippen LogP contribution is -2.59. The first kappa shape index (κ1) is 36.7. The fourth-order valence-corrected chi connectivity index (χ4v) is 8.07.